The summed E-state index contributed by atoms with van der Waals surface area (Å²) < 4.78 is 11.6. The molecule has 0 aliphatic heterocycles. The Kier molecular flexibility index (Phi) is 5.26. The monoisotopic (exact) mass is 473 g/mol. The van der Waals surface area contributed by atoms with Crippen LogP contribution >= 0.6 is 0 Å². The van der Waals surface area contributed by atoms with Crippen LogP contribution in [0.3, 0.4) is 0 Å². The lowest BCUT2D eigenvalue weighted by atomic mass is 9.96. The van der Waals surface area contributed by atoms with Crippen LogP contribution in [0.25, 0.3) is 49.5 Å². The third kappa shape index (κ3) is 3.79. The minimum atomic E-state index is -0.282. The molecule has 6 nitrogen and oxygen atoms in total. The number of para-hydroxylation sites is 2. The Morgan fingerprint density at radius 2 is 1.78 bits per heavy atom. The average molecular weight is 474 g/mol. The predicted molar refractivity (Wildman–Crippen MR) is 144 cm³/mol. The number of aromatic amines is 1. The molecular formula is C30H23N3O3. The fourth-order valence-corrected chi connectivity index (χ4v) is 4.64. The zero-order valence-electron chi connectivity index (χ0n) is 19.8. The first kappa shape index (κ1) is 21.7. The molecule has 36 heavy (non-hydrogen) atoms. The van der Waals surface area contributed by atoms with Crippen molar-refractivity contribution >= 4 is 50.2 Å². The van der Waals surface area contributed by atoms with Gasteiger partial charge in [0.1, 0.15) is 11.3 Å². The van der Waals surface area contributed by atoms with Crippen LogP contribution in [0.5, 0.6) is 5.75 Å². The largest absolute Gasteiger partial charge is 0.496 e. The molecule has 2 aromatic heterocycles. The number of fused-ring (bicyclic) bond motifs is 3. The highest BCUT2D eigenvalue weighted by Crippen LogP contribution is 2.39. The Hall–Kier alpha value is -4.84. The van der Waals surface area contributed by atoms with E-state index >= 15 is 0 Å². The van der Waals surface area contributed by atoms with Gasteiger partial charge in [-0.15, -0.1) is 0 Å². The molecule has 1 amide bonds. The predicted octanol–water partition coefficient (Wildman–Crippen LogP) is 7.18. The standard InChI is InChI=1S/C30H23N3O3/c1-18(14-29(34)33-30-31-25-12-5-6-13-26(25)32-30)22-15-23-24(17-36-28(23)16-27(22)35-2)21-11-7-9-19-8-3-4-10-20(19)21/h3-17H,1-2H3,(H2,31,32,33,34)/b18-14+. The fraction of sp³-hybridized carbons (Fsp3) is 0.0667. The van der Waals surface area contributed by atoms with Crippen molar-refractivity contribution in [2.75, 3.05) is 12.4 Å². The summed E-state index contributed by atoms with van der Waals surface area (Å²) in [7, 11) is 1.61. The summed E-state index contributed by atoms with van der Waals surface area (Å²) in [4.78, 5) is 20.3. The summed E-state index contributed by atoms with van der Waals surface area (Å²) in [6.45, 7) is 1.89. The van der Waals surface area contributed by atoms with Crippen LogP contribution in [-0.2, 0) is 4.79 Å². The molecule has 0 fully saturated rings. The maximum atomic E-state index is 12.8. The van der Waals surface area contributed by atoms with E-state index in [-0.39, 0.29) is 5.91 Å². The van der Waals surface area contributed by atoms with Gasteiger partial charge < -0.3 is 14.1 Å². The maximum absolute atomic E-state index is 12.8. The van der Waals surface area contributed by atoms with E-state index in [4.69, 9.17) is 9.15 Å². The lowest BCUT2D eigenvalue weighted by Gasteiger charge is -2.10. The highest BCUT2D eigenvalue weighted by molar-refractivity contribution is 6.07. The molecule has 0 spiro atoms. The van der Waals surface area contributed by atoms with Gasteiger partial charge in [-0.3, -0.25) is 10.1 Å². The number of nitrogens with zero attached hydrogens (tertiary/aromatic N) is 1. The first-order valence-electron chi connectivity index (χ1n) is 11.6. The zero-order valence-corrected chi connectivity index (χ0v) is 19.8. The van der Waals surface area contributed by atoms with E-state index in [9.17, 15) is 4.79 Å². The van der Waals surface area contributed by atoms with Crippen LogP contribution in [0, 0.1) is 0 Å². The third-order valence-electron chi connectivity index (χ3n) is 6.38. The number of nitrogens with one attached hydrogen (secondary N) is 2. The molecule has 0 saturated heterocycles. The fourth-order valence-electron chi connectivity index (χ4n) is 4.64. The molecule has 0 bridgehead atoms. The molecule has 6 heteroatoms. The third-order valence-corrected chi connectivity index (χ3v) is 6.38. The Labute approximate surface area is 207 Å². The van der Waals surface area contributed by atoms with E-state index in [1.807, 2.05) is 55.5 Å². The lowest BCUT2D eigenvalue weighted by Crippen LogP contribution is -2.09. The molecular weight excluding hydrogens is 450 g/mol. The molecule has 6 rings (SSSR count). The molecule has 0 saturated carbocycles. The second-order valence-corrected chi connectivity index (χ2v) is 8.64. The first-order valence-corrected chi connectivity index (χ1v) is 11.6. The summed E-state index contributed by atoms with van der Waals surface area (Å²) in [5.74, 6) is 0.752. The van der Waals surface area contributed by atoms with Crippen LogP contribution in [0.15, 0.2) is 95.6 Å². The molecule has 4 aromatic carbocycles. The molecule has 6 aromatic rings. The molecule has 0 radical (unpaired) electrons. The van der Waals surface area contributed by atoms with Crippen LogP contribution in [-0.4, -0.2) is 23.0 Å². The van der Waals surface area contributed by atoms with E-state index in [0.29, 0.717) is 11.7 Å². The van der Waals surface area contributed by atoms with Crippen molar-refractivity contribution in [2.24, 2.45) is 0 Å². The normalized spacial score (nSPS) is 11.9. The van der Waals surface area contributed by atoms with E-state index in [1.165, 1.54) is 0 Å². The number of methoxy groups -OCH3 is 1. The number of anilines is 1. The number of hydrogen-bond donors (Lipinski definition) is 2. The quantitative estimate of drug-likeness (QED) is 0.260. The molecule has 2 heterocycles. The van der Waals surface area contributed by atoms with Gasteiger partial charge in [0.05, 0.1) is 24.4 Å². The molecule has 0 aliphatic rings. The smallest absolute Gasteiger partial charge is 0.250 e. The zero-order chi connectivity index (χ0) is 24.6. The molecule has 176 valence electrons. The highest BCUT2D eigenvalue weighted by Gasteiger charge is 2.16. The lowest BCUT2D eigenvalue weighted by molar-refractivity contribution is -0.111. The summed E-state index contributed by atoms with van der Waals surface area (Å²) in [5, 5.41) is 6.08. The number of allylic oxidation sites excluding steroid dienone is 1. The van der Waals surface area contributed by atoms with Gasteiger partial charge >= 0.3 is 0 Å². The van der Waals surface area contributed by atoms with Gasteiger partial charge in [0.15, 0.2) is 0 Å². The van der Waals surface area contributed by atoms with Crippen molar-refractivity contribution in [1.29, 1.82) is 0 Å². The number of imidazole rings is 1. The van der Waals surface area contributed by atoms with Gasteiger partial charge in [-0.1, -0.05) is 54.6 Å². The van der Waals surface area contributed by atoms with Gasteiger partial charge in [-0.05, 0) is 47.0 Å². The number of furan rings is 1. The Bertz CT molecular complexity index is 1750. The van der Waals surface area contributed by atoms with Gasteiger partial charge in [-0.25, -0.2) is 4.98 Å². The molecule has 0 aliphatic carbocycles. The van der Waals surface area contributed by atoms with Crippen molar-refractivity contribution < 1.29 is 13.9 Å². The van der Waals surface area contributed by atoms with Crippen LogP contribution in [0.1, 0.15) is 12.5 Å². The van der Waals surface area contributed by atoms with E-state index < -0.39 is 0 Å². The molecule has 0 atom stereocenters. The number of hydrogen-bond acceptors (Lipinski definition) is 4. The number of carbonyl (C=O) groups is 1. The average Bonchev–Trinajstić information content (AvgIpc) is 3.50. The summed E-state index contributed by atoms with van der Waals surface area (Å²) in [6.07, 6.45) is 3.33. The van der Waals surface area contributed by atoms with Gasteiger partial charge in [0.25, 0.3) is 5.91 Å². The Morgan fingerprint density at radius 1 is 0.972 bits per heavy atom. The van der Waals surface area contributed by atoms with Crippen molar-refractivity contribution in [3.63, 3.8) is 0 Å². The number of ether oxygens (including phenoxy) is 1. The van der Waals surface area contributed by atoms with E-state index in [1.54, 1.807) is 19.4 Å². The Balaban J connectivity index is 1.39. The number of amides is 1. The van der Waals surface area contributed by atoms with Gasteiger partial charge in [0.2, 0.25) is 5.95 Å². The summed E-state index contributed by atoms with van der Waals surface area (Å²) in [5.41, 5.74) is 6.03. The SMILES string of the molecule is COc1cc2occ(-c3cccc4ccccc34)c2cc1/C(C)=C/C(=O)Nc1nc2ccccc2[nH]1. The van der Waals surface area contributed by atoms with Crippen LogP contribution < -0.4 is 10.1 Å². The number of rotatable bonds is 5. The van der Waals surface area contributed by atoms with Crippen molar-refractivity contribution in [3.8, 4) is 16.9 Å². The topological polar surface area (TPSA) is 80.2 Å². The minimum absolute atomic E-state index is 0.282. The van der Waals surface area contributed by atoms with Crippen molar-refractivity contribution in [2.45, 2.75) is 6.92 Å². The number of benzene rings is 4. The molecule has 2 N–H and O–H groups in total. The second kappa shape index (κ2) is 8.74. The summed E-state index contributed by atoms with van der Waals surface area (Å²) in [6, 6.07) is 26.1. The van der Waals surface area contributed by atoms with Crippen LogP contribution in [0.2, 0.25) is 0 Å². The van der Waals surface area contributed by atoms with E-state index in [2.05, 4.69) is 45.6 Å². The van der Waals surface area contributed by atoms with E-state index in [0.717, 1.165) is 55.0 Å². The van der Waals surface area contributed by atoms with Crippen LogP contribution in [0.4, 0.5) is 5.95 Å². The van der Waals surface area contributed by atoms with Crippen molar-refractivity contribution in [1.82, 2.24) is 9.97 Å². The highest BCUT2D eigenvalue weighted by atomic mass is 16.5. The number of carbonyl (C=O) groups excluding carboxylic acids is 1. The number of H-pyrrole nitrogens is 1. The van der Waals surface area contributed by atoms with Gasteiger partial charge in [-0.2, -0.15) is 0 Å². The second-order valence-electron chi connectivity index (χ2n) is 8.64. The van der Waals surface area contributed by atoms with Gasteiger partial charge in [0, 0.05) is 28.7 Å². The maximum Gasteiger partial charge on any atom is 0.250 e. The summed E-state index contributed by atoms with van der Waals surface area (Å²) >= 11 is 0. The van der Waals surface area contributed by atoms with Crippen molar-refractivity contribution in [3.05, 3.63) is 96.8 Å². The molecule has 0 unspecified atom stereocenters. The first-order chi connectivity index (χ1) is 17.6. The Morgan fingerprint density at radius 3 is 2.64 bits per heavy atom. The number of aromatic nitrogens is 2. The minimum Gasteiger partial charge on any atom is -0.496 e.